The lowest BCUT2D eigenvalue weighted by molar-refractivity contribution is -0.135. The van der Waals surface area contributed by atoms with Crippen LogP contribution in [0.15, 0.2) is 23.8 Å². The first kappa shape index (κ1) is 20.6. The number of hydrogen-bond acceptors (Lipinski definition) is 5. The van der Waals surface area contributed by atoms with Crippen molar-refractivity contribution in [1.82, 2.24) is 0 Å². The molecular weight excluding hydrogens is 316 g/mol. The number of carbonyl (C=O) groups is 1. The van der Waals surface area contributed by atoms with Crippen molar-refractivity contribution in [2.24, 2.45) is 0 Å². The molecule has 5 nitrogen and oxygen atoms in total. The van der Waals surface area contributed by atoms with Gasteiger partial charge in [-0.25, -0.2) is 4.79 Å². The first-order valence-electron chi connectivity index (χ1n) is 8.83. The quantitative estimate of drug-likeness (QED) is 0.276. The van der Waals surface area contributed by atoms with Gasteiger partial charge >= 0.3 is 5.97 Å². The van der Waals surface area contributed by atoms with Crippen LogP contribution in [0, 0.1) is 11.3 Å². The second-order valence-electron chi connectivity index (χ2n) is 5.61. The van der Waals surface area contributed by atoms with Gasteiger partial charge in [-0.3, -0.25) is 0 Å². The summed E-state index contributed by atoms with van der Waals surface area (Å²) in [6.45, 7) is 8.74. The van der Waals surface area contributed by atoms with E-state index in [0.29, 0.717) is 17.9 Å². The van der Waals surface area contributed by atoms with E-state index in [1.54, 1.807) is 0 Å². The Morgan fingerprint density at radius 3 is 2.52 bits per heavy atom. The molecule has 0 aliphatic rings. The van der Waals surface area contributed by atoms with Crippen molar-refractivity contribution < 1.29 is 14.3 Å². The van der Waals surface area contributed by atoms with Gasteiger partial charge in [-0.1, -0.05) is 19.8 Å². The molecule has 0 radical (unpaired) electrons. The molecule has 1 aromatic rings. The molecule has 0 N–H and O–H groups in total. The third kappa shape index (κ3) is 6.15. The van der Waals surface area contributed by atoms with Crippen molar-refractivity contribution in [2.75, 3.05) is 31.7 Å². The Balaban J connectivity index is 3.19. The minimum absolute atomic E-state index is 0.0449. The third-order valence-electron chi connectivity index (χ3n) is 3.96. The molecule has 136 valence electrons. The molecule has 0 saturated heterocycles. The van der Waals surface area contributed by atoms with E-state index in [4.69, 9.17) is 4.74 Å². The molecule has 0 aliphatic carbocycles. The van der Waals surface area contributed by atoms with Gasteiger partial charge in [-0.15, -0.1) is 0 Å². The molecule has 0 bridgehead atoms. The summed E-state index contributed by atoms with van der Waals surface area (Å²) in [6, 6.07) is 7.71. The Labute approximate surface area is 150 Å². The van der Waals surface area contributed by atoms with Gasteiger partial charge in [0.1, 0.15) is 17.4 Å². The van der Waals surface area contributed by atoms with Crippen LogP contribution in [0.3, 0.4) is 0 Å². The van der Waals surface area contributed by atoms with Gasteiger partial charge < -0.3 is 14.4 Å². The summed E-state index contributed by atoms with van der Waals surface area (Å²) in [5, 5.41) is 9.18. The Morgan fingerprint density at radius 1 is 1.24 bits per heavy atom. The predicted octanol–water partition coefficient (Wildman–Crippen LogP) is 4.18. The van der Waals surface area contributed by atoms with Crippen molar-refractivity contribution in [3.63, 3.8) is 0 Å². The summed E-state index contributed by atoms with van der Waals surface area (Å²) in [6.07, 6.45) is 4.72. The maximum absolute atomic E-state index is 11.7. The first-order chi connectivity index (χ1) is 12.1. The Hall–Kier alpha value is -2.48. The number of benzene rings is 1. The lowest BCUT2D eigenvalue weighted by Crippen LogP contribution is -2.21. The summed E-state index contributed by atoms with van der Waals surface area (Å²) in [5.74, 6) is 0.0319. The van der Waals surface area contributed by atoms with Crippen LogP contribution < -0.4 is 9.64 Å². The molecular formula is C20H28N2O3. The average molecular weight is 344 g/mol. The van der Waals surface area contributed by atoms with Gasteiger partial charge in [-0.05, 0) is 38.5 Å². The molecule has 1 rings (SSSR count). The largest absolute Gasteiger partial charge is 0.493 e. The smallest absolute Gasteiger partial charge is 0.348 e. The number of hydrogen-bond donors (Lipinski definition) is 0. The second kappa shape index (κ2) is 11.1. The number of methoxy groups -OCH3 is 1. The Bertz CT molecular complexity index is 628. The summed E-state index contributed by atoms with van der Waals surface area (Å²) in [4.78, 5) is 13.9. The van der Waals surface area contributed by atoms with Crippen molar-refractivity contribution in [3.05, 3.63) is 29.3 Å². The number of unbranched alkanes of at least 4 members (excludes halogenated alkanes) is 2. The maximum atomic E-state index is 11.7. The molecule has 1 aromatic carbocycles. The highest BCUT2D eigenvalue weighted by molar-refractivity contribution is 5.98. The van der Waals surface area contributed by atoms with E-state index in [1.165, 1.54) is 13.2 Å². The molecule has 0 spiro atoms. The van der Waals surface area contributed by atoms with Gasteiger partial charge in [0, 0.05) is 30.4 Å². The lowest BCUT2D eigenvalue weighted by atomic mass is 10.1. The van der Waals surface area contributed by atoms with E-state index in [2.05, 4.69) is 30.4 Å². The van der Waals surface area contributed by atoms with Crippen molar-refractivity contribution in [2.45, 2.75) is 40.0 Å². The number of ether oxygens (including phenoxy) is 2. The van der Waals surface area contributed by atoms with Gasteiger partial charge in [0.2, 0.25) is 0 Å². The monoisotopic (exact) mass is 344 g/mol. The van der Waals surface area contributed by atoms with Gasteiger partial charge in [-0.2, -0.15) is 5.26 Å². The summed E-state index contributed by atoms with van der Waals surface area (Å²) < 4.78 is 10.6. The lowest BCUT2D eigenvalue weighted by Gasteiger charge is -2.22. The Kier molecular flexibility index (Phi) is 9.16. The van der Waals surface area contributed by atoms with Gasteiger partial charge in [0.15, 0.2) is 0 Å². The zero-order valence-corrected chi connectivity index (χ0v) is 15.7. The van der Waals surface area contributed by atoms with Crippen LogP contribution in [-0.2, 0) is 9.53 Å². The van der Waals surface area contributed by atoms with Crippen molar-refractivity contribution in [3.8, 4) is 11.8 Å². The Morgan fingerprint density at radius 2 is 1.96 bits per heavy atom. The molecule has 0 saturated carbocycles. The van der Waals surface area contributed by atoms with Crippen molar-refractivity contribution >= 4 is 17.7 Å². The van der Waals surface area contributed by atoms with Crippen LogP contribution in [0.25, 0.3) is 6.08 Å². The minimum atomic E-state index is -0.646. The van der Waals surface area contributed by atoms with E-state index < -0.39 is 5.97 Å². The fraction of sp³-hybridized carbons (Fsp3) is 0.500. The molecule has 25 heavy (non-hydrogen) atoms. The zero-order chi connectivity index (χ0) is 18.7. The highest BCUT2D eigenvalue weighted by atomic mass is 16.5. The average Bonchev–Trinajstić information content (AvgIpc) is 2.64. The fourth-order valence-corrected chi connectivity index (χ4v) is 2.49. The number of esters is 1. The molecule has 0 amide bonds. The number of nitriles is 1. The van der Waals surface area contributed by atoms with E-state index in [-0.39, 0.29) is 5.57 Å². The van der Waals surface area contributed by atoms with E-state index in [0.717, 1.165) is 38.0 Å². The van der Waals surface area contributed by atoms with E-state index in [9.17, 15) is 10.1 Å². The minimum Gasteiger partial charge on any atom is -0.493 e. The van der Waals surface area contributed by atoms with Gasteiger partial charge in [0.25, 0.3) is 0 Å². The third-order valence-corrected chi connectivity index (χ3v) is 3.96. The second-order valence-corrected chi connectivity index (χ2v) is 5.61. The van der Waals surface area contributed by atoms with E-state index in [1.807, 2.05) is 24.3 Å². The topological polar surface area (TPSA) is 62.6 Å². The molecule has 0 aromatic heterocycles. The summed E-state index contributed by atoms with van der Waals surface area (Å²) in [5.41, 5.74) is 1.72. The molecule has 0 heterocycles. The van der Waals surface area contributed by atoms with Crippen LogP contribution in [0.5, 0.6) is 5.75 Å². The first-order valence-corrected chi connectivity index (χ1v) is 8.83. The van der Waals surface area contributed by atoms with E-state index >= 15 is 0 Å². The van der Waals surface area contributed by atoms with Crippen LogP contribution in [0.2, 0.25) is 0 Å². The highest BCUT2D eigenvalue weighted by Crippen LogP contribution is 2.28. The van der Waals surface area contributed by atoms with Crippen LogP contribution in [-0.4, -0.2) is 32.8 Å². The molecule has 0 aliphatic heterocycles. The van der Waals surface area contributed by atoms with Crippen LogP contribution in [0.4, 0.5) is 5.69 Å². The fourth-order valence-electron chi connectivity index (χ4n) is 2.49. The normalized spacial score (nSPS) is 10.9. The number of nitrogens with zero attached hydrogens (tertiary/aromatic N) is 2. The number of rotatable bonds is 10. The summed E-state index contributed by atoms with van der Waals surface area (Å²) >= 11 is 0. The molecule has 0 atom stereocenters. The summed E-state index contributed by atoms with van der Waals surface area (Å²) in [7, 11) is 1.26. The molecule has 5 heteroatoms. The molecule has 0 unspecified atom stereocenters. The standard InChI is InChI=1S/C20H28N2O3/c1-5-8-9-12-25-19-14-18(22(6-2)7-3)11-10-16(19)13-17(15-21)20(23)24-4/h10-11,13-14H,5-9,12H2,1-4H3. The van der Waals surface area contributed by atoms with Crippen LogP contribution in [0.1, 0.15) is 45.6 Å². The van der Waals surface area contributed by atoms with Gasteiger partial charge in [0.05, 0.1) is 13.7 Å². The maximum Gasteiger partial charge on any atom is 0.348 e. The SMILES string of the molecule is CCCCCOc1cc(N(CC)CC)ccc1C=C(C#N)C(=O)OC. The zero-order valence-electron chi connectivity index (χ0n) is 15.7. The van der Waals surface area contributed by atoms with Crippen LogP contribution >= 0.6 is 0 Å². The molecule has 0 fully saturated rings. The van der Waals surface area contributed by atoms with Crippen molar-refractivity contribution in [1.29, 1.82) is 5.26 Å². The highest BCUT2D eigenvalue weighted by Gasteiger charge is 2.13. The number of anilines is 1. The predicted molar refractivity (Wildman–Crippen MR) is 101 cm³/mol. The number of carbonyl (C=O) groups excluding carboxylic acids is 1.